The van der Waals surface area contributed by atoms with E-state index in [4.69, 9.17) is 6.42 Å². The van der Waals surface area contributed by atoms with Gasteiger partial charge in [0.25, 0.3) is 0 Å². The summed E-state index contributed by atoms with van der Waals surface area (Å²) in [6.07, 6.45) is 6.97. The van der Waals surface area contributed by atoms with Crippen LogP contribution in [-0.4, -0.2) is 4.57 Å². The van der Waals surface area contributed by atoms with Crippen LogP contribution in [-0.2, 0) is 6.54 Å². The van der Waals surface area contributed by atoms with Gasteiger partial charge in [0.15, 0.2) is 5.43 Å². The monoisotopic (exact) mass is 183 g/mol. The van der Waals surface area contributed by atoms with Crippen LogP contribution < -0.4 is 5.43 Å². The average molecular weight is 183 g/mol. The van der Waals surface area contributed by atoms with Crippen molar-refractivity contribution in [2.45, 2.75) is 6.54 Å². The molecule has 1 heterocycles. The smallest absolute Gasteiger partial charge is 0.189 e. The zero-order chi connectivity index (χ0) is 9.97. The van der Waals surface area contributed by atoms with Crippen molar-refractivity contribution in [1.29, 1.82) is 0 Å². The summed E-state index contributed by atoms with van der Waals surface area (Å²) in [6, 6.07) is 9.00. The number of fused-ring (bicyclic) bond motifs is 1. The molecule has 0 saturated heterocycles. The highest BCUT2D eigenvalue weighted by Crippen LogP contribution is 2.08. The molecule has 0 spiro atoms. The number of rotatable bonds is 1. The van der Waals surface area contributed by atoms with Crippen molar-refractivity contribution in [3.63, 3.8) is 0 Å². The molecule has 0 unspecified atom stereocenters. The van der Waals surface area contributed by atoms with Crippen LogP contribution in [0.5, 0.6) is 0 Å². The van der Waals surface area contributed by atoms with Crippen LogP contribution in [0.2, 0.25) is 0 Å². The van der Waals surface area contributed by atoms with Gasteiger partial charge < -0.3 is 4.57 Å². The number of hydrogen-bond donors (Lipinski definition) is 0. The lowest BCUT2D eigenvalue weighted by atomic mass is 10.2. The second-order valence-electron chi connectivity index (χ2n) is 3.03. The number of pyridine rings is 1. The summed E-state index contributed by atoms with van der Waals surface area (Å²) >= 11 is 0. The first kappa shape index (κ1) is 8.58. The molecule has 0 N–H and O–H groups in total. The van der Waals surface area contributed by atoms with Gasteiger partial charge in [-0.25, -0.2) is 0 Å². The van der Waals surface area contributed by atoms with E-state index in [2.05, 4.69) is 5.92 Å². The third kappa shape index (κ3) is 1.29. The van der Waals surface area contributed by atoms with Gasteiger partial charge in [0.05, 0.1) is 12.1 Å². The Hall–Kier alpha value is -2.01. The van der Waals surface area contributed by atoms with Crippen LogP contribution in [0.15, 0.2) is 41.3 Å². The molecule has 0 aliphatic carbocycles. The SMILES string of the molecule is C#CCn1ccc(=O)c2ccccc21. The minimum absolute atomic E-state index is 0.0360. The molecule has 2 aromatic rings. The number of hydrogen-bond acceptors (Lipinski definition) is 1. The van der Waals surface area contributed by atoms with Crippen LogP contribution >= 0.6 is 0 Å². The molecule has 0 saturated carbocycles. The third-order valence-electron chi connectivity index (χ3n) is 2.15. The predicted octanol–water partition coefficient (Wildman–Crippen LogP) is 1.63. The summed E-state index contributed by atoms with van der Waals surface area (Å²) < 4.78 is 1.89. The molecule has 14 heavy (non-hydrogen) atoms. The van der Waals surface area contributed by atoms with Gasteiger partial charge in [0.2, 0.25) is 0 Å². The fourth-order valence-electron chi connectivity index (χ4n) is 1.50. The van der Waals surface area contributed by atoms with Crippen LogP contribution in [0.25, 0.3) is 10.9 Å². The first-order chi connectivity index (χ1) is 6.83. The van der Waals surface area contributed by atoms with Crippen LogP contribution in [0.1, 0.15) is 0 Å². The molecule has 2 heteroatoms. The second kappa shape index (κ2) is 3.39. The fraction of sp³-hybridized carbons (Fsp3) is 0.0833. The third-order valence-corrected chi connectivity index (χ3v) is 2.15. The van der Waals surface area contributed by atoms with E-state index in [0.29, 0.717) is 11.9 Å². The van der Waals surface area contributed by atoms with Gasteiger partial charge in [0, 0.05) is 17.6 Å². The van der Waals surface area contributed by atoms with E-state index < -0.39 is 0 Å². The molecule has 2 nitrogen and oxygen atoms in total. The van der Waals surface area contributed by atoms with E-state index in [1.165, 1.54) is 0 Å². The molecule has 1 aromatic carbocycles. The summed E-state index contributed by atoms with van der Waals surface area (Å²) in [5.74, 6) is 2.56. The molecule has 0 atom stereocenters. The molecular formula is C12H9NO. The molecule has 0 fully saturated rings. The first-order valence-corrected chi connectivity index (χ1v) is 4.34. The minimum atomic E-state index is 0.0360. The van der Waals surface area contributed by atoms with E-state index in [0.717, 1.165) is 5.52 Å². The maximum Gasteiger partial charge on any atom is 0.189 e. The lowest BCUT2D eigenvalue weighted by Crippen LogP contribution is -2.06. The highest BCUT2D eigenvalue weighted by Gasteiger charge is 1.99. The zero-order valence-corrected chi connectivity index (χ0v) is 7.60. The van der Waals surface area contributed by atoms with Crippen molar-refractivity contribution in [1.82, 2.24) is 4.57 Å². The molecule has 0 aliphatic rings. The number of benzene rings is 1. The van der Waals surface area contributed by atoms with E-state index in [1.54, 1.807) is 12.3 Å². The minimum Gasteiger partial charge on any atom is -0.336 e. The molecule has 0 radical (unpaired) electrons. The summed E-state index contributed by atoms with van der Waals surface area (Å²) in [5, 5.41) is 0.713. The van der Waals surface area contributed by atoms with Crippen molar-refractivity contribution in [3.8, 4) is 12.3 Å². The zero-order valence-electron chi connectivity index (χ0n) is 7.60. The van der Waals surface area contributed by atoms with Crippen molar-refractivity contribution < 1.29 is 0 Å². The maximum atomic E-state index is 11.5. The molecule has 1 aromatic heterocycles. The maximum absolute atomic E-state index is 11.5. The van der Waals surface area contributed by atoms with Gasteiger partial charge in [-0.1, -0.05) is 18.1 Å². The summed E-state index contributed by atoms with van der Waals surface area (Å²) in [4.78, 5) is 11.5. The standard InChI is InChI=1S/C12H9NO/c1-2-8-13-9-7-12(14)10-5-3-4-6-11(10)13/h1,3-7,9H,8H2. The van der Waals surface area contributed by atoms with Gasteiger partial charge in [-0.15, -0.1) is 6.42 Å². The largest absolute Gasteiger partial charge is 0.336 e. The van der Waals surface area contributed by atoms with E-state index in [1.807, 2.05) is 28.8 Å². The van der Waals surface area contributed by atoms with Crippen LogP contribution in [0.4, 0.5) is 0 Å². The molecule has 68 valence electrons. The normalized spacial score (nSPS) is 9.93. The van der Waals surface area contributed by atoms with Gasteiger partial charge in [-0.05, 0) is 12.1 Å². The molecular weight excluding hydrogens is 174 g/mol. The first-order valence-electron chi connectivity index (χ1n) is 4.34. The van der Waals surface area contributed by atoms with Gasteiger partial charge in [-0.3, -0.25) is 4.79 Å². The van der Waals surface area contributed by atoms with Gasteiger partial charge >= 0.3 is 0 Å². The van der Waals surface area contributed by atoms with E-state index in [-0.39, 0.29) is 5.43 Å². The Kier molecular flexibility index (Phi) is 2.08. The number of para-hydroxylation sites is 1. The molecule has 0 bridgehead atoms. The summed E-state index contributed by atoms with van der Waals surface area (Å²) in [6.45, 7) is 0.487. The van der Waals surface area contributed by atoms with Crippen molar-refractivity contribution in [2.24, 2.45) is 0 Å². The predicted molar refractivity (Wildman–Crippen MR) is 57.0 cm³/mol. The van der Waals surface area contributed by atoms with Crippen LogP contribution in [0.3, 0.4) is 0 Å². The Bertz CT molecular complexity index is 560. The topological polar surface area (TPSA) is 22.0 Å². The summed E-state index contributed by atoms with van der Waals surface area (Å²) in [7, 11) is 0. The van der Waals surface area contributed by atoms with Gasteiger partial charge in [-0.2, -0.15) is 0 Å². The number of nitrogens with zero attached hydrogens (tertiary/aromatic N) is 1. The number of aromatic nitrogens is 1. The highest BCUT2D eigenvalue weighted by molar-refractivity contribution is 5.78. The second-order valence-corrected chi connectivity index (χ2v) is 3.03. The number of terminal acetylenes is 1. The highest BCUT2D eigenvalue weighted by atomic mass is 16.1. The van der Waals surface area contributed by atoms with Gasteiger partial charge in [0.1, 0.15) is 0 Å². The Labute approximate surface area is 81.8 Å². The Morgan fingerprint density at radius 3 is 2.86 bits per heavy atom. The van der Waals surface area contributed by atoms with Crippen molar-refractivity contribution >= 4 is 10.9 Å². The summed E-state index contributed by atoms with van der Waals surface area (Å²) in [5.41, 5.74) is 0.923. The molecule has 0 amide bonds. The Morgan fingerprint density at radius 1 is 1.29 bits per heavy atom. The van der Waals surface area contributed by atoms with Crippen LogP contribution in [0, 0.1) is 12.3 Å². The van der Waals surface area contributed by atoms with E-state index in [9.17, 15) is 4.79 Å². The Balaban J connectivity index is 2.83. The van der Waals surface area contributed by atoms with E-state index >= 15 is 0 Å². The average Bonchev–Trinajstić information content (AvgIpc) is 2.23. The molecule has 2 rings (SSSR count). The fourth-order valence-corrected chi connectivity index (χ4v) is 1.50. The quantitative estimate of drug-likeness (QED) is 0.616. The van der Waals surface area contributed by atoms with Crippen molar-refractivity contribution in [3.05, 3.63) is 46.8 Å². The lowest BCUT2D eigenvalue weighted by molar-refractivity contribution is 0.872. The molecule has 0 aliphatic heterocycles. The van der Waals surface area contributed by atoms with Crippen molar-refractivity contribution in [2.75, 3.05) is 0 Å². The lowest BCUT2D eigenvalue weighted by Gasteiger charge is -2.05. The Morgan fingerprint density at radius 2 is 2.07 bits per heavy atom.